The Kier molecular flexibility index (Phi) is 4.19. The number of benzene rings is 1. The van der Waals surface area contributed by atoms with Crippen molar-refractivity contribution in [3.8, 4) is 10.6 Å². The van der Waals surface area contributed by atoms with E-state index in [9.17, 15) is 4.79 Å². The van der Waals surface area contributed by atoms with Crippen LogP contribution in [0.3, 0.4) is 0 Å². The Morgan fingerprint density at radius 2 is 2.11 bits per heavy atom. The molecular weight excluding hydrogens is 382 g/mol. The molecule has 1 aromatic heterocycles. The van der Waals surface area contributed by atoms with Gasteiger partial charge in [0.05, 0.1) is 5.69 Å². The molecule has 0 saturated heterocycles. The molecule has 3 nitrogen and oxygen atoms in total. The number of carboxylic acids is 1. The van der Waals surface area contributed by atoms with Gasteiger partial charge in [0.15, 0.2) is 0 Å². The van der Waals surface area contributed by atoms with E-state index in [0.717, 1.165) is 19.5 Å². The number of aromatic nitrogens is 1. The highest BCUT2D eigenvalue weighted by Crippen LogP contribution is 2.33. The van der Waals surface area contributed by atoms with Crippen LogP contribution in [0.2, 0.25) is 0 Å². The van der Waals surface area contributed by atoms with Gasteiger partial charge in [-0.15, -0.1) is 11.3 Å². The Morgan fingerprint density at radius 3 is 2.61 bits per heavy atom. The summed E-state index contributed by atoms with van der Waals surface area (Å²) in [5.41, 5.74) is 1.55. The summed E-state index contributed by atoms with van der Waals surface area (Å²) in [4.78, 5) is 15.8. The van der Waals surface area contributed by atoms with Gasteiger partial charge >= 0.3 is 5.97 Å². The van der Waals surface area contributed by atoms with Crippen LogP contribution in [0.15, 0.2) is 27.1 Å². The molecule has 6 heteroatoms. The molecule has 94 valence electrons. The van der Waals surface area contributed by atoms with Crippen molar-refractivity contribution in [2.24, 2.45) is 0 Å². The minimum absolute atomic E-state index is 0.326. The van der Waals surface area contributed by atoms with Crippen LogP contribution in [-0.2, 0) is 6.42 Å². The third-order valence-electron chi connectivity index (χ3n) is 2.39. The van der Waals surface area contributed by atoms with Crippen LogP contribution < -0.4 is 0 Å². The van der Waals surface area contributed by atoms with E-state index in [2.05, 4.69) is 36.8 Å². The number of rotatable bonds is 3. The van der Waals surface area contributed by atoms with Gasteiger partial charge in [-0.2, -0.15) is 0 Å². The van der Waals surface area contributed by atoms with E-state index in [1.54, 1.807) is 0 Å². The van der Waals surface area contributed by atoms with Gasteiger partial charge in [-0.3, -0.25) is 0 Å². The average Bonchev–Trinajstić information content (AvgIpc) is 2.77. The van der Waals surface area contributed by atoms with Crippen molar-refractivity contribution in [2.75, 3.05) is 0 Å². The Bertz CT molecular complexity index is 610. The van der Waals surface area contributed by atoms with Crippen molar-refractivity contribution >= 4 is 49.2 Å². The molecule has 0 bridgehead atoms. The van der Waals surface area contributed by atoms with Crippen LogP contribution in [0.5, 0.6) is 0 Å². The molecule has 0 saturated carbocycles. The number of carboxylic acid groups (broad SMARTS) is 1. The zero-order valence-corrected chi connectivity index (χ0v) is 13.4. The van der Waals surface area contributed by atoms with E-state index in [0.29, 0.717) is 17.0 Å². The lowest BCUT2D eigenvalue weighted by molar-refractivity contribution is 0.0701. The number of hydrogen-bond acceptors (Lipinski definition) is 3. The van der Waals surface area contributed by atoms with Crippen molar-refractivity contribution in [3.05, 3.63) is 37.7 Å². The van der Waals surface area contributed by atoms with Crippen molar-refractivity contribution in [3.63, 3.8) is 0 Å². The van der Waals surface area contributed by atoms with Crippen LogP contribution in [0.1, 0.15) is 22.3 Å². The third-order valence-corrected chi connectivity index (χ3v) is 5.41. The molecule has 18 heavy (non-hydrogen) atoms. The lowest BCUT2D eigenvalue weighted by atomic mass is 10.2. The Hall–Kier alpha value is -0.720. The second-order valence-corrected chi connectivity index (χ2v) is 6.29. The van der Waals surface area contributed by atoms with E-state index in [1.165, 1.54) is 11.3 Å². The van der Waals surface area contributed by atoms with E-state index in [4.69, 9.17) is 5.11 Å². The summed E-state index contributed by atoms with van der Waals surface area (Å²) in [6.45, 7) is 1.91. The normalized spacial score (nSPS) is 10.6. The highest BCUT2D eigenvalue weighted by atomic mass is 79.9. The number of hydrogen-bond donors (Lipinski definition) is 1. The molecule has 1 aromatic carbocycles. The number of aryl methyl sites for hydroxylation is 1. The van der Waals surface area contributed by atoms with E-state index in [-0.39, 0.29) is 0 Å². The lowest BCUT2D eigenvalue weighted by Crippen LogP contribution is -1.97. The molecule has 0 amide bonds. The van der Waals surface area contributed by atoms with Gasteiger partial charge in [0.25, 0.3) is 0 Å². The van der Waals surface area contributed by atoms with Crippen LogP contribution in [0.25, 0.3) is 10.6 Å². The van der Waals surface area contributed by atoms with E-state index < -0.39 is 5.97 Å². The summed E-state index contributed by atoms with van der Waals surface area (Å²) in [5.74, 6) is -0.910. The molecule has 0 radical (unpaired) electrons. The molecule has 0 aliphatic heterocycles. The standard InChI is InChI=1S/C12H9Br2NO2S/c1-2-9-10(12(16)17)18-11(15-9)6-3-4-7(13)8(14)5-6/h3-5H,2H2,1H3,(H,16,17). The summed E-state index contributed by atoms with van der Waals surface area (Å²) >= 11 is 8.04. The van der Waals surface area contributed by atoms with E-state index >= 15 is 0 Å². The molecule has 0 aliphatic carbocycles. The number of thiazole rings is 1. The fourth-order valence-corrected chi connectivity index (χ4v) is 3.13. The first-order valence-electron chi connectivity index (χ1n) is 5.21. The maximum Gasteiger partial charge on any atom is 0.347 e. The molecular formula is C12H9Br2NO2S. The van der Waals surface area contributed by atoms with Crippen LogP contribution in [-0.4, -0.2) is 16.1 Å². The van der Waals surface area contributed by atoms with Gasteiger partial charge < -0.3 is 5.11 Å². The van der Waals surface area contributed by atoms with Gasteiger partial charge in [0.1, 0.15) is 9.88 Å². The molecule has 0 fully saturated rings. The number of aromatic carboxylic acids is 1. The SMILES string of the molecule is CCc1nc(-c2ccc(Br)c(Br)c2)sc1C(=O)O. The van der Waals surface area contributed by atoms with Gasteiger partial charge in [-0.25, -0.2) is 9.78 Å². The minimum Gasteiger partial charge on any atom is -0.477 e. The van der Waals surface area contributed by atoms with Gasteiger partial charge in [0, 0.05) is 14.5 Å². The molecule has 0 atom stereocenters. The predicted octanol–water partition coefficient (Wildman–Crippen LogP) is 4.60. The maximum absolute atomic E-state index is 11.1. The molecule has 1 N–H and O–H groups in total. The van der Waals surface area contributed by atoms with Crippen LogP contribution >= 0.6 is 43.2 Å². The first-order valence-corrected chi connectivity index (χ1v) is 7.61. The first kappa shape index (κ1) is 13.7. The smallest absolute Gasteiger partial charge is 0.347 e. The van der Waals surface area contributed by atoms with Crippen molar-refractivity contribution in [1.82, 2.24) is 4.98 Å². The lowest BCUT2D eigenvalue weighted by Gasteiger charge is -1.99. The average molecular weight is 391 g/mol. The zero-order valence-electron chi connectivity index (χ0n) is 9.41. The maximum atomic E-state index is 11.1. The van der Waals surface area contributed by atoms with E-state index in [1.807, 2.05) is 25.1 Å². The van der Waals surface area contributed by atoms with Crippen molar-refractivity contribution in [2.45, 2.75) is 13.3 Å². The zero-order chi connectivity index (χ0) is 13.3. The Morgan fingerprint density at radius 1 is 1.39 bits per heavy atom. The number of nitrogens with zero attached hydrogens (tertiary/aromatic N) is 1. The van der Waals surface area contributed by atoms with Crippen LogP contribution in [0, 0.1) is 0 Å². The first-order chi connectivity index (χ1) is 8.52. The Labute approximate surface area is 125 Å². The summed E-state index contributed by atoms with van der Waals surface area (Å²) in [5, 5.41) is 9.84. The summed E-state index contributed by atoms with van der Waals surface area (Å²) in [7, 11) is 0. The van der Waals surface area contributed by atoms with Crippen molar-refractivity contribution in [1.29, 1.82) is 0 Å². The topological polar surface area (TPSA) is 50.2 Å². The summed E-state index contributed by atoms with van der Waals surface area (Å²) in [6.07, 6.45) is 0.621. The molecule has 0 spiro atoms. The highest BCUT2D eigenvalue weighted by Gasteiger charge is 2.17. The van der Waals surface area contributed by atoms with Crippen LogP contribution in [0.4, 0.5) is 0 Å². The van der Waals surface area contributed by atoms with Gasteiger partial charge in [0.2, 0.25) is 0 Å². The third kappa shape index (κ3) is 2.65. The second-order valence-electron chi connectivity index (χ2n) is 3.58. The molecule has 2 rings (SSSR count). The fourth-order valence-electron chi connectivity index (χ4n) is 1.51. The highest BCUT2D eigenvalue weighted by molar-refractivity contribution is 9.13. The Balaban J connectivity index is 2.50. The largest absolute Gasteiger partial charge is 0.477 e. The quantitative estimate of drug-likeness (QED) is 0.833. The fraction of sp³-hybridized carbons (Fsp3) is 0.167. The summed E-state index contributed by atoms with van der Waals surface area (Å²) in [6, 6.07) is 5.75. The minimum atomic E-state index is -0.910. The van der Waals surface area contributed by atoms with Gasteiger partial charge in [-0.1, -0.05) is 13.0 Å². The molecule has 0 aliphatic rings. The molecule has 2 aromatic rings. The number of halogens is 2. The molecule has 1 heterocycles. The number of carbonyl (C=O) groups is 1. The molecule has 0 unspecified atom stereocenters. The predicted molar refractivity (Wildman–Crippen MR) is 79.3 cm³/mol. The summed E-state index contributed by atoms with van der Waals surface area (Å²) < 4.78 is 1.88. The van der Waals surface area contributed by atoms with Gasteiger partial charge in [-0.05, 0) is 50.4 Å². The van der Waals surface area contributed by atoms with Crippen molar-refractivity contribution < 1.29 is 9.90 Å². The second kappa shape index (κ2) is 5.50. The monoisotopic (exact) mass is 389 g/mol.